The Morgan fingerprint density at radius 1 is 1.54 bits per heavy atom. The highest BCUT2D eigenvalue weighted by Gasteiger charge is 2.34. The van der Waals surface area contributed by atoms with E-state index in [1.807, 2.05) is 5.51 Å². The van der Waals surface area contributed by atoms with Gasteiger partial charge in [0.2, 0.25) is 0 Å². The normalized spacial score (nSPS) is 19.9. The van der Waals surface area contributed by atoms with E-state index in [1.54, 1.807) is 11.3 Å². The molecule has 0 radical (unpaired) electrons. The van der Waals surface area contributed by atoms with Gasteiger partial charge in [0, 0.05) is 11.8 Å². The first-order chi connectivity index (χ1) is 6.35. The lowest BCUT2D eigenvalue weighted by Crippen LogP contribution is -2.17. The van der Waals surface area contributed by atoms with Gasteiger partial charge in [-0.3, -0.25) is 0 Å². The summed E-state index contributed by atoms with van der Waals surface area (Å²) in [6, 6.07) is 2.48. The van der Waals surface area contributed by atoms with Crippen molar-refractivity contribution in [3.8, 4) is 6.07 Å². The van der Waals surface area contributed by atoms with Crippen molar-refractivity contribution in [3.63, 3.8) is 0 Å². The van der Waals surface area contributed by atoms with Gasteiger partial charge in [-0.25, -0.2) is 4.98 Å². The van der Waals surface area contributed by atoms with Crippen LogP contribution in [0.3, 0.4) is 0 Å². The fourth-order valence-electron chi connectivity index (χ4n) is 2.05. The molecule has 0 atom stereocenters. The van der Waals surface area contributed by atoms with E-state index >= 15 is 0 Å². The Hall–Kier alpha value is -0.880. The van der Waals surface area contributed by atoms with E-state index < -0.39 is 0 Å². The quantitative estimate of drug-likeness (QED) is 0.722. The number of hydrogen-bond acceptors (Lipinski definition) is 3. The van der Waals surface area contributed by atoms with Crippen molar-refractivity contribution in [2.45, 2.75) is 32.1 Å². The summed E-state index contributed by atoms with van der Waals surface area (Å²) in [5.41, 5.74) is 2.84. The zero-order chi connectivity index (χ0) is 9.15. The molecule has 0 bridgehead atoms. The monoisotopic (exact) mass is 192 g/mol. The highest BCUT2D eigenvalue weighted by atomic mass is 32.1. The SMILES string of the molecule is N#CC1(Cc2cscn2)CCCC1. The molecule has 68 valence electrons. The molecule has 1 saturated carbocycles. The largest absolute Gasteiger partial charge is 0.250 e. The maximum absolute atomic E-state index is 9.14. The molecule has 0 amide bonds. The molecule has 0 N–H and O–H groups in total. The Morgan fingerprint density at radius 3 is 2.85 bits per heavy atom. The van der Waals surface area contributed by atoms with E-state index in [2.05, 4.69) is 16.4 Å². The summed E-state index contributed by atoms with van der Waals surface area (Å²) in [5.74, 6) is 0. The van der Waals surface area contributed by atoms with Crippen LogP contribution in [0.2, 0.25) is 0 Å². The van der Waals surface area contributed by atoms with Crippen molar-refractivity contribution in [1.29, 1.82) is 5.26 Å². The molecule has 1 aromatic heterocycles. The lowest BCUT2D eigenvalue weighted by atomic mass is 9.83. The molecule has 2 rings (SSSR count). The number of nitriles is 1. The number of aromatic nitrogens is 1. The molecule has 1 aromatic rings. The number of nitrogens with zero attached hydrogens (tertiary/aromatic N) is 2. The fraction of sp³-hybridized carbons (Fsp3) is 0.600. The van der Waals surface area contributed by atoms with Crippen LogP contribution in [0, 0.1) is 16.7 Å². The van der Waals surface area contributed by atoms with Crippen LogP contribution in [0.15, 0.2) is 10.9 Å². The molecular weight excluding hydrogens is 180 g/mol. The van der Waals surface area contributed by atoms with Gasteiger partial charge in [-0.2, -0.15) is 5.26 Å². The van der Waals surface area contributed by atoms with Crippen molar-refractivity contribution in [3.05, 3.63) is 16.6 Å². The molecular formula is C10H12N2S. The van der Waals surface area contributed by atoms with E-state index in [0.29, 0.717) is 0 Å². The van der Waals surface area contributed by atoms with Crippen molar-refractivity contribution in [1.82, 2.24) is 4.98 Å². The highest BCUT2D eigenvalue weighted by molar-refractivity contribution is 7.07. The van der Waals surface area contributed by atoms with Gasteiger partial charge in [0.1, 0.15) is 0 Å². The maximum atomic E-state index is 9.14. The summed E-state index contributed by atoms with van der Waals surface area (Å²) in [7, 11) is 0. The van der Waals surface area contributed by atoms with E-state index in [0.717, 1.165) is 25.0 Å². The minimum absolute atomic E-state index is 0.0892. The minimum atomic E-state index is -0.0892. The van der Waals surface area contributed by atoms with E-state index in [-0.39, 0.29) is 5.41 Å². The molecule has 2 nitrogen and oxygen atoms in total. The van der Waals surface area contributed by atoms with Crippen LogP contribution in [0.1, 0.15) is 31.4 Å². The van der Waals surface area contributed by atoms with Crippen LogP contribution in [0.4, 0.5) is 0 Å². The summed E-state index contributed by atoms with van der Waals surface area (Å²) in [6.45, 7) is 0. The average Bonchev–Trinajstić information content (AvgIpc) is 2.77. The van der Waals surface area contributed by atoms with Crippen LogP contribution in [0.5, 0.6) is 0 Å². The van der Waals surface area contributed by atoms with Crippen LogP contribution in [-0.2, 0) is 6.42 Å². The zero-order valence-corrected chi connectivity index (χ0v) is 8.31. The summed E-state index contributed by atoms with van der Waals surface area (Å²) in [5, 5.41) is 11.2. The third kappa shape index (κ3) is 1.73. The molecule has 1 aliphatic rings. The second-order valence-electron chi connectivity index (χ2n) is 3.76. The highest BCUT2D eigenvalue weighted by Crippen LogP contribution is 2.40. The third-order valence-corrected chi connectivity index (χ3v) is 3.44. The topological polar surface area (TPSA) is 36.7 Å². The summed E-state index contributed by atoms with van der Waals surface area (Å²) >= 11 is 1.61. The average molecular weight is 192 g/mol. The number of rotatable bonds is 2. The van der Waals surface area contributed by atoms with Gasteiger partial charge in [0.15, 0.2) is 0 Å². The van der Waals surface area contributed by atoms with Crippen molar-refractivity contribution >= 4 is 11.3 Å². The second kappa shape index (κ2) is 3.47. The standard InChI is InChI=1S/C10H12N2S/c11-7-10(3-1-2-4-10)5-9-6-13-8-12-9/h6,8H,1-5H2. The van der Waals surface area contributed by atoms with E-state index in [4.69, 9.17) is 5.26 Å². The van der Waals surface area contributed by atoms with Gasteiger partial charge in [0.05, 0.1) is 22.7 Å². The van der Waals surface area contributed by atoms with Crippen LogP contribution in [0.25, 0.3) is 0 Å². The summed E-state index contributed by atoms with van der Waals surface area (Å²) < 4.78 is 0. The second-order valence-corrected chi connectivity index (χ2v) is 4.47. The predicted molar refractivity (Wildman–Crippen MR) is 52.3 cm³/mol. The fourth-order valence-corrected chi connectivity index (χ4v) is 2.61. The van der Waals surface area contributed by atoms with Crippen LogP contribution < -0.4 is 0 Å². The molecule has 3 heteroatoms. The molecule has 0 aromatic carbocycles. The van der Waals surface area contributed by atoms with Gasteiger partial charge < -0.3 is 0 Å². The van der Waals surface area contributed by atoms with Crippen molar-refractivity contribution < 1.29 is 0 Å². The van der Waals surface area contributed by atoms with Crippen molar-refractivity contribution in [2.24, 2.45) is 5.41 Å². The van der Waals surface area contributed by atoms with Gasteiger partial charge in [0.25, 0.3) is 0 Å². The number of thiazole rings is 1. The van der Waals surface area contributed by atoms with Gasteiger partial charge in [-0.05, 0) is 12.8 Å². The summed E-state index contributed by atoms with van der Waals surface area (Å²) in [6.07, 6.45) is 5.38. The molecule has 1 aliphatic carbocycles. The molecule has 1 heterocycles. The molecule has 0 saturated heterocycles. The Balaban J connectivity index is 2.11. The predicted octanol–water partition coefficient (Wildman–Crippen LogP) is 2.77. The maximum Gasteiger partial charge on any atom is 0.0794 e. The Morgan fingerprint density at radius 2 is 2.31 bits per heavy atom. The summed E-state index contributed by atoms with van der Waals surface area (Å²) in [4.78, 5) is 4.24. The molecule has 0 unspecified atom stereocenters. The molecule has 0 aliphatic heterocycles. The molecule has 1 fully saturated rings. The molecule has 0 spiro atoms. The first-order valence-electron chi connectivity index (χ1n) is 4.63. The first-order valence-corrected chi connectivity index (χ1v) is 5.57. The Bertz CT molecular complexity index is 304. The van der Waals surface area contributed by atoms with Gasteiger partial charge in [-0.15, -0.1) is 11.3 Å². The zero-order valence-electron chi connectivity index (χ0n) is 7.49. The van der Waals surface area contributed by atoms with Crippen LogP contribution >= 0.6 is 11.3 Å². The minimum Gasteiger partial charge on any atom is -0.250 e. The molecule has 13 heavy (non-hydrogen) atoms. The smallest absolute Gasteiger partial charge is 0.0794 e. The third-order valence-electron chi connectivity index (χ3n) is 2.80. The van der Waals surface area contributed by atoms with Gasteiger partial charge in [-0.1, -0.05) is 12.8 Å². The Kier molecular flexibility index (Phi) is 2.32. The van der Waals surface area contributed by atoms with E-state index in [1.165, 1.54) is 12.8 Å². The van der Waals surface area contributed by atoms with Crippen molar-refractivity contribution in [2.75, 3.05) is 0 Å². The Labute approximate surface area is 82.2 Å². The lowest BCUT2D eigenvalue weighted by Gasteiger charge is -2.17. The van der Waals surface area contributed by atoms with Crippen LogP contribution in [-0.4, -0.2) is 4.98 Å². The van der Waals surface area contributed by atoms with Gasteiger partial charge >= 0.3 is 0 Å². The first kappa shape index (κ1) is 8.71. The lowest BCUT2D eigenvalue weighted by molar-refractivity contribution is 0.404. The number of hydrogen-bond donors (Lipinski definition) is 0. The van der Waals surface area contributed by atoms with E-state index in [9.17, 15) is 0 Å².